The van der Waals surface area contributed by atoms with Crippen molar-refractivity contribution in [3.8, 4) is 22.5 Å². The quantitative estimate of drug-likeness (QED) is 0.0837. The van der Waals surface area contributed by atoms with Crippen molar-refractivity contribution < 1.29 is 38.1 Å². The maximum absolute atomic E-state index is 12.8. The fraction of sp³-hybridized carbons (Fsp3) is 0.459. The van der Waals surface area contributed by atoms with Crippen molar-refractivity contribution in [3.05, 3.63) is 155 Å². The summed E-state index contributed by atoms with van der Waals surface area (Å²) in [5.41, 5.74) is 10.1. The van der Waals surface area contributed by atoms with Gasteiger partial charge in [-0.3, -0.25) is 19.6 Å². The molecule has 0 unspecified atom stereocenters. The fourth-order valence-corrected chi connectivity index (χ4v) is 12.6. The summed E-state index contributed by atoms with van der Waals surface area (Å²) in [5, 5.41) is 0. The van der Waals surface area contributed by atoms with E-state index < -0.39 is 22.4 Å². The molecule has 8 aromatic rings. The second kappa shape index (κ2) is 32.5. The van der Waals surface area contributed by atoms with Gasteiger partial charge < -0.3 is 38.9 Å². The van der Waals surface area contributed by atoms with Gasteiger partial charge in [0.05, 0.1) is 70.0 Å². The molecule has 24 heteroatoms. The third-order valence-electron chi connectivity index (χ3n) is 16.9. The zero-order chi connectivity index (χ0) is 66.7. The van der Waals surface area contributed by atoms with Gasteiger partial charge in [-0.25, -0.2) is 39.1 Å². The number of hydrogen-bond donors (Lipinski definition) is 4. The Bertz CT molecular complexity index is 4060. The van der Waals surface area contributed by atoms with Gasteiger partial charge >= 0.3 is 24.4 Å². The molecule has 4 aliphatic rings. The van der Waals surface area contributed by atoms with Crippen molar-refractivity contribution in [2.24, 2.45) is 0 Å². The molecule has 0 aliphatic carbocycles. The van der Waals surface area contributed by atoms with Gasteiger partial charge in [-0.15, -0.1) is 0 Å². The van der Waals surface area contributed by atoms with Gasteiger partial charge in [-0.05, 0) is 205 Å². The lowest BCUT2D eigenvalue weighted by molar-refractivity contribution is 0.0208. The highest BCUT2D eigenvalue weighted by Crippen LogP contribution is 2.38. The number of H-pyrrole nitrogens is 4. The highest BCUT2D eigenvalue weighted by Gasteiger charge is 2.39. The monoisotopic (exact) mass is 1410 g/mol. The lowest BCUT2D eigenvalue weighted by atomic mass is 10.1. The molecule has 4 atom stereocenters. The lowest BCUT2D eigenvalue weighted by Gasteiger charge is -2.27. The first-order valence-corrected chi connectivity index (χ1v) is 33.3. The summed E-state index contributed by atoms with van der Waals surface area (Å²) in [5.74, 6) is 3.19. The molecular weight excluding hydrogens is 1310 g/mol. The van der Waals surface area contributed by atoms with Crippen LogP contribution in [0.3, 0.4) is 0 Å². The molecule has 528 valence electrons. The summed E-state index contributed by atoms with van der Waals surface area (Å²) in [7, 11) is 0. The van der Waals surface area contributed by atoms with Crippen LogP contribution >= 0.6 is 54.0 Å². The van der Waals surface area contributed by atoms with Gasteiger partial charge in [0.25, 0.3) is 0 Å². The van der Waals surface area contributed by atoms with E-state index in [4.69, 9.17) is 28.9 Å². The van der Waals surface area contributed by atoms with Crippen molar-refractivity contribution in [3.63, 3.8) is 0 Å². The van der Waals surface area contributed by atoms with Crippen LogP contribution < -0.4 is 0 Å². The summed E-state index contributed by atoms with van der Waals surface area (Å²) in [4.78, 5) is 90.9. The van der Waals surface area contributed by atoms with Crippen molar-refractivity contribution in [1.82, 2.24) is 59.5 Å². The molecule has 4 amide bonds. The number of aromatic nitrogens is 8. The second-order valence-corrected chi connectivity index (χ2v) is 29.1. The SMILES string of the molecule is CC(C)(C)OC(=O)N1CCC[C@H]1c1ncc(-c2ccc(C=CCc3ccc4nc([C@@H]5CCCN5C(=O)OC(C)(C)C)[nH]c4c3)cc2)[nH]1.CC(C)(C)OC(=O)N1CCC[C@H]1c1ncc(-c2ccc(CC=Cc3ccc4nc([C@@H]5CCCN5C(=O)OC(C)(C)C)[nH]c4c3)cc2)[nH]1.S.S.S.S. The Morgan fingerprint density at radius 1 is 0.418 bits per heavy atom. The van der Waals surface area contributed by atoms with E-state index in [9.17, 15) is 19.2 Å². The largest absolute Gasteiger partial charge is 0.444 e. The number of fused-ring (bicyclic) bond motifs is 2. The van der Waals surface area contributed by atoms with E-state index in [1.165, 1.54) is 11.1 Å². The molecule has 8 heterocycles. The number of rotatable bonds is 12. The normalized spacial score (nSPS) is 18.1. The van der Waals surface area contributed by atoms with Crippen LogP contribution in [0.1, 0.15) is 204 Å². The Hall–Kier alpha value is -7.80. The zero-order valence-electron chi connectivity index (χ0n) is 58.6. The molecule has 4 aromatic heterocycles. The number of nitrogens with one attached hydrogen (secondary N) is 4. The molecule has 0 spiro atoms. The standard InChI is InChI=1S/2C37H46N6O4.4H2S/c2*1-36(2,3)46-34(44)42-20-8-12-30(42)32-38-23-29(41-32)26-17-14-24(15-18-26)10-7-11-25-16-19-27-28(22-25)40-33(39-27)31-13-9-21-43(31)35(45)47-37(4,5)6;;;;/h7,11,14-19,22-23,30-31H,8-10,12-13,20-21H2,1-6H3,(H,38,41)(H,39,40);7,10,14-19,22-23,30-31H,8-9,11-13,20-21H2,1-6H3,(H,38,41)(H,39,40);4*1H2/t2*30-,31-;;;;/m00..../s1. The molecular formula is C74H100N12O8S4. The fourth-order valence-electron chi connectivity index (χ4n) is 12.6. The summed E-state index contributed by atoms with van der Waals surface area (Å²) in [6.45, 7) is 25.3. The summed E-state index contributed by atoms with van der Waals surface area (Å²) < 4.78 is 22.5. The zero-order valence-corrected chi connectivity index (χ0v) is 62.6. The van der Waals surface area contributed by atoms with Gasteiger partial charge in [0.1, 0.15) is 45.7 Å². The van der Waals surface area contributed by atoms with Crippen LogP contribution in [0.5, 0.6) is 0 Å². The van der Waals surface area contributed by atoms with E-state index in [1.807, 2.05) is 108 Å². The molecule has 20 nitrogen and oxygen atoms in total. The highest BCUT2D eigenvalue weighted by atomic mass is 32.1. The predicted octanol–water partition coefficient (Wildman–Crippen LogP) is 17.2. The first-order valence-electron chi connectivity index (χ1n) is 33.3. The van der Waals surface area contributed by atoms with Crippen LogP contribution in [0.15, 0.2) is 109 Å². The van der Waals surface area contributed by atoms with Crippen molar-refractivity contribution in [1.29, 1.82) is 0 Å². The van der Waals surface area contributed by atoms with Crippen LogP contribution in [-0.2, 0) is 31.8 Å². The number of carbonyl (C=O) groups excluding carboxylic acids is 4. The van der Waals surface area contributed by atoms with E-state index >= 15 is 0 Å². The van der Waals surface area contributed by atoms with Gasteiger partial charge in [0.15, 0.2) is 0 Å². The van der Waals surface area contributed by atoms with Gasteiger partial charge in [0.2, 0.25) is 0 Å². The molecule has 0 radical (unpaired) electrons. The van der Waals surface area contributed by atoms with Gasteiger partial charge in [-0.2, -0.15) is 54.0 Å². The van der Waals surface area contributed by atoms with Crippen molar-refractivity contribution in [2.45, 2.75) is 194 Å². The molecule has 98 heavy (non-hydrogen) atoms. The number of allylic oxidation sites excluding steroid dienone is 2. The summed E-state index contributed by atoms with van der Waals surface area (Å²) >= 11 is 0. The first-order chi connectivity index (χ1) is 44.7. The molecule has 4 fully saturated rings. The van der Waals surface area contributed by atoms with Gasteiger partial charge in [0, 0.05) is 26.2 Å². The number of aromatic amines is 4. The number of hydrogen-bond acceptors (Lipinski definition) is 12. The Morgan fingerprint density at radius 3 is 1.14 bits per heavy atom. The van der Waals surface area contributed by atoms with E-state index in [2.05, 4.69) is 127 Å². The maximum Gasteiger partial charge on any atom is 0.410 e. The summed E-state index contributed by atoms with van der Waals surface area (Å²) in [6, 6.07) is 28.8. The average Bonchev–Trinajstić information content (AvgIpc) is 1.66. The van der Waals surface area contributed by atoms with Crippen molar-refractivity contribution >= 4 is 113 Å². The molecule has 4 saturated heterocycles. The van der Waals surface area contributed by atoms with Crippen molar-refractivity contribution in [2.75, 3.05) is 26.2 Å². The van der Waals surface area contributed by atoms with Crippen LogP contribution in [0, 0.1) is 0 Å². The smallest absolute Gasteiger partial charge is 0.410 e. The molecule has 4 aromatic carbocycles. The number of nitrogens with zero attached hydrogens (tertiary/aromatic N) is 8. The minimum atomic E-state index is -0.533. The first kappa shape index (κ1) is 77.6. The minimum absolute atomic E-state index is 0. The van der Waals surface area contributed by atoms with E-state index in [0.717, 1.165) is 143 Å². The van der Waals surface area contributed by atoms with Crippen LogP contribution in [0.2, 0.25) is 0 Å². The highest BCUT2D eigenvalue weighted by molar-refractivity contribution is 7.59. The van der Waals surface area contributed by atoms with E-state index in [1.54, 1.807) is 19.6 Å². The molecule has 0 bridgehead atoms. The number of benzene rings is 4. The number of amides is 4. The summed E-state index contributed by atoms with van der Waals surface area (Å²) in [6.07, 6.45) is 19.8. The van der Waals surface area contributed by atoms with Gasteiger partial charge in [-0.1, -0.05) is 85.0 Å². The van der Waals surface area contributed by atoms with Crippen LogP contribution in [0.25, 0.3) is 56.7 Å². The Morgan fingerprint density at radius 2 is 0.745 bits per heavy atom. The van der Waals surface area contributed by atoms with Crippen LogP contribution in [0.4, 0.5) is 19.2 Å². The third-order valence-corrected chi connectivity index (χ3v) is 16.9. The lowest BCUT2D eigenvalue weighted by Crippen LogP contribution is -2.36. The number of carbonyl (C=O) groups is 4. The number of imidazole rings is 4. The Kier molecular flexibility index (Phi) is 25.7. The Balaban J connectivity index is 0.000000265. The molecule has 0 saturated carbocycles. The Labute approximate surface area is 604 Å². The molecule has 12 rings (SSSR count). The van der Waals surface area contributed by atoms with E-state index in [-0.39, 0.29) is 103 Å². The second-order valence-electron chi connectivity index (χ2n) is 29.1. The molecule has 4 N–H and O–H groups in total. The third kappa shape index (κ3) is 19.8. The minimum Gasteiger partial charge on any atom is -0.444 e. The van der Waals surface area contributed by atoms with Crippen LogP contribution in [-0.4, -0.2) is 132 Å². The number of ether oxygens (including phenoxy) is 4. The topological polar surface area (TPSA) is 233 Å². The van der Waals surface area contributed by atoms with E-state index in [0.29, 0.717) is 26.2 Å². The predicted molar refractivity (Wildman–Crippen MR) is 407 cm³/mol. The number of likely N-dealkylation sites (tertiary alicyclic amines) is 4. The maximum atomic E-state index is 12.8. The average molecular weight is 1410 g/mol. The molecule has 4 aliphatic heterocycles.